The molecular formula is C48H39N3. The van der Waals surface area contributed by atoms with Crippen molar-refractivity contribution in [3.63, 3.8) is 0 Å². The Morgan fingerprint density at radius 1 is 0.510 bits per heavy atom. The zero-order valence-corrected chi connectivity index (χ0v) is 28.9. The topological polar surface area (TPSA) is 29.0 Å². The van der Waals surface area contributed by atoms with Gasteiger partial charge in [-0.2, -0.15) is 0 Å². The Bertz CT molecular complexity index is 2220. The maximum Gasteiger partial charge on any atom is 0.160 e. The lowest BCUT2D eigenvalue weighted by Crippen LogP contribution is -2.13. The summed E-state index contributed by atoms with van der Waals surface area (Å²) >= 11 is 0. The van der Waals surface area contributed by atoms with E-state index in [0.717, 1.165) is 68.3 Å². The van der Waals surface area contributed by atoms with Crippen molar-refractivity contribution in [2.24, 2.45) is 0 Å². The van der Waals surface area contributed by atoms with Crippen molar-refractivity contribution in [1.29, 1.82) is 0 Å². The maximum absolute atomic E-state index is 5.32. The minimum absolute atomic E-state index is 0.180. The van der Waals surface area contributed by atoms with Crippen molar-refractivity contribution >= 4 is 17.1 Å². The molecule has 7 aromatic rings. The second-order valence-electron chi connectivity index (χ2n) is 13.2. The Morgan fingerprint density at radius 3 is 1.51 bits per heavy atom. The monoisotopic (exact) mass is 657 g/mol. The van der Waals surface area contributed by atoms with Gasteiger partial charge in [0.15, 0.2) is 5.82 Å². The highest BCUT2D eigenvalue weighted by Gasteiger charge is 2.25. The summed E-state index contributed by atoms with van der Waals surface area (Å²) in [6.45, 7) is 4.27. The van der Waals surface area contributed by atoms with Gasteiger partial charge in [0.1, 0.15) is 0 Å². The third-order valence-electron chi connectivity index (χ3n) is 9.52. The zero-order valence-electron chi connectivity index (χ0n) is 28.9. The van der Waals surface area contributed by atoms with Crippen molar-refractivity contribution in [1.82, 2.24) is 9.97 Å². The first-order chi connectivity index (χ1) is 25.1. The molecular weight excluding hydrogens is 619 g/mol. The minimum Gasteiger partial charge on any atom is -0.309 e. The maximum atomic E-state index is 5.32. The molecule has 0 bridgehead atoms. The lowest BCUT2D eigenvalue weighted by Gasteiger charge is -2.31. The van der Waals surface area contributed by atoms with Gasteiger partial charge in [0.2, 0.25) is 0 Å². The molecule has 1 unspecified atom stereocenters. The number of nitrogens with zero attached hydrogens (tertiary/aromatic N) is 3. The van der Waals surface area contributed by atoms with Crippen LogP contribution in [0.2, 0.25) is 0 Å². The number of benzene rings is 6. The van der Waals surface area contributed by atoms with E-state index in [1.165, 1.54) is 11.1 Å². The van der Waals surface area contributed by atoms with Crippen LogP contribution in [0.15, 0.2) is 182 Å². The molecule has 1 aromatic heterocycles. The Kier molecular flexibility index (Phi) is 8.93. The molecule has 0 saturated carbocycles. The second kappa shape index (κ2) is 14.3. The molecule has 0 radical (unpaired) electrons. The number of allylic oxidation sites excluding steroid dienone is 4. The number of hydrogen-bond donors (Lipinski definition) is 0. The van der Waals surface area contributed by atoms with Crippen molar-refractivity contribution in [2.45, 2.75) is 26.2 Å². The van der Waals surface area contributed by atoms with Gasteiger partial charge in [-0.25, -0.2) is 9.97 Å². The fourth-order valence-electron chi connectivity index (χ4n) is 6.82. The zero-order chi connectivity index (χ0) is 34.6. The second-order valence-corrected chi connectivity index (χ2v) is 13.2. The van der Waals surface area contributed by atoms with Gasteiger partial charge in [-0.3, -0.25) is 0 Å². The van der Waals surface area contributed by atoms with E-state index >= 15 is 0 Å². The van der Waals surface area contributed by atoms with Gasteiger partial charge in [0, 0.05) is 39.5 Å². The molecule has 8 rings (SSSR count). The highest BCUT2D eigenvalue weighted by molar-refractivity contribution is 5.99. The van der Waals surface area contributed by atoms with Crippen molar-refractivity contribution < 1.29 is 0 Å². The van der Waals surface area contributed by atoms with Crippen LogP contribution in [-0.4, -0.2) is 9.97 Å². The van der Waals surface area contributed by atoms with Crippen LogP contribution in [0.1, 0.15) is 29.2 Å². The smallest absolute Gasteiger partial charge is 0.160 e. The lowest BCUT2D eigenvalue weighted by atomic mass is 9.91. The quantitative estimate of drug-likeness (QED) is 0.163. The normalized spacial score (nSPS) is 13.6. The van der Waals surface area contributed by atoms with Crippen LogP contribution in [0, 0.1) is 13.8 Å². The van der Waals surface area contributed by atoms with Crippen molar-refractivity contribution in [3.8, 4) is 44.9 Å². The molecule has 6 aromatic carbocycles. The average Bonchev–Trinajstić information content (AvgIpc) is 3.20. The molecule has 3 nitrogen and oxygen atoms in total. The number of hydrogen-bond acceptors (Lipinski definition) is 3. The van der Waals surface area contributed by atoms with Crippen LogP contribution in [0.3, 0.4) is 0 Å². The van der Waals surface area contributed by atoms with E-state index in [0.29, 0.717) is 5.82 Å². The summed E-state index contributed by atoms with van der Waals surface area (Å²) in [5, 5.41) is 0. The first-order valence-corrected chi connectivity index (χ1v) is 17.6. The van der Waals surface area contributed by atoms with Gasteiger partial charge in [-0.15, -0.1) is 0 Å². The predicted molar refractivity (Wildman–Crippen MR) is 214 cm³/mol. The van der Waals surface area contributed by atoms with Crippen LogP contribution in [0.25, 0.3) is 44.9 Å². The Labute approximate surface area is 301 Å². The summed E-state index contributed by atoms with van der Waals surface area (Å²) in [6, 6.07) is 56.2. The lowest BCUT2D eigenvalue weighted by molar-refractivity contribution is 0.811. The van der Waals surface area contributed by atoms with E-state index in [4.69, 9.17) is 9.97 Å². The van der Waals surface area contributed by atoms with E-state index < -0.39 is 0 Å². The molecule has 246 valence electrons. The average molecular weight is 658 g/mol. The highest BCUT2D eigenvalue weighted by Crippen LogP contribution is 2.48. The third kappa shape index (κ3) is 6.79. The molecule has 1 heterocycles. The fourth-order valence-corrected chi connectivity index (χ4v) is 6.82. The highest BCUT2D eigenvalue weighted by atomic mass is 15.1. The van der Waals surface area contributed by atoms with Gasteiger partial charge in [-0.05, 0) is 73.9 Å². The summed E-state index contributed by atoms with van der Waals surface area (Å²) in [4.78, 5) is 13.0. The summed E-state index contributed by atoms with van der Waals surface area (Å²) in [6.07, 6.45) is 9.61. The molecule has 51 heavy (non-hydrogen) atoms. The van der Waals surface area contributed by atoms with Gasteiger partial charge in [0.05, 0.1) is 17.1 Å². The summed E-state index contributed by atoms with van der Waals surface area (Å²) in [7, 11) is 0. The molecule has 0 saturated heterocycles. The number of aryl methyl sites for hydroxylation is 2. The molecule has 3 heteroatoms. The molecule has 0 spiro atoms. The predicted octanol–water partition coefficient (Wildman–Crippen LogP) is 12.8. The van der Waals surface area contributed by atoms with Crippen LogP contribution >= 0.6 is 0 Å². The minimum atomic E-state index is 0.180. The standard InChI is InChI=1S/C48H39N3/c1-34-23-27-41(28-24-34)51(42-29-25-35(2)26-30-42)47-43(36-15-7-3-8-16-36)31-40(32-44(47)37-17-9-4-10-18-37)48-49-45(38-19-11-5-12-20-38)33-46(50-48)39-21-13-6-14-22-39/h3-21,23-33,39H,22H2,1-2H3. The fraction of sp³-hybridized carbons (Fsp3) is 0.0833. The van der Waals surface area contributed by atoms with E-state index in [9.17, 15) is 0 Å². The summed E-state index contributed by atoms with van der Waals surface area (Å²) in [5.74, 6) is 0.895. The van der Waals surface area contributed by atoms with Gasteiger partial charge >= 0.3 is 0 Å². The molecule has 0 amide bonds. The van der Waals surface area contributed by atoms with Gasteiger partial charge in [0.25, 0.3) is 0 Å². The number of rotatable bonds is 8. The van der Waals surface area contributed by atoms with Crippen LogP contribution in [-0.2, 0) is 0 Å². The molecule has 1 atom stereocenters. The number of aromatic nitrogens is 2. The molecule has 0 fully saturated rings. The Balaban J connectivity index is 1.44. The van der Waals surface area contributed by atoms with Crippen molar-refractivity contribution in [3.05, 3.63) is 199 Å². The Morgan fingerprint density at radius 2 is 1.02 bits per heavy atom. The number of anilines is 3. The van der Waals surface area contributed by atoms with E-state index in [2.05, 4.69) is 195 Å². The van der Waals surface area contributed by atoms with E-state index in [-0.39, 0.29) is 5.92 Å². The molecule has 1 aliphatic carbocycles. The first-order valence-electron chi connectivity index (χ1n) is 17.6. The van der Waals surface area contributed by atoms with Gasteiger partial charge in [-0.1, -0.05) is 151 Å². The first kappa shape index (κ1) is 31.9. The SMILES string of the molecule is Cc1ccc(N(c2ccc(C)cc2)c2c(-c3ccccc3)cc(-c3nc(-c4ccccc4)cc(C4C=CC=CC4)n3)cc2-c2ccccc2)cc1. The van der Waals surface area contributed by atoms with Crippen LogP contribution in [0.5, 0.6) is 0 Å². The van der Waals surface area contributed by atoms with Crippen LogP contribution < -0.4 is 4.90 Å². The third-order valence-corrected chi connectivity index (χ3v) is 9.52. The van der Waals surface area contributed by atoms with Crippen molar-refractivity contribution in [2.75, 3.05) is 4.90 Å². The molecule has 1 aliphatic rings. The van der Waals surface area contributed by atoms with E-state index in [1.54, 1.807) is 0 Å². The van der Waals surface area contributed by atoms with Gasteiger partial charge < -0.3 is 4.90 Å². The summed E-state index contributed by atoms with van der Waals surface area (Å²) < 4.78 is 0. The Hall–Kier alpha value is -6.32. The largest absolute Gasteiger partial charge is 0.309 e. The molecule has 0 aliphatic heterocycles. The molecule has 0 N–H and O–H groups in total. The van der Waals surface area contributed by atoms with Crippen LogP contribution in [0.4, 0.5) is 17.1 Å². The van der Waals surface area contributed by atoms with E-state index in [1.807, 2.05) is 6.07 Å². The summed E-state index contributed by atoms with van der Waals surface area (Å²) in [5.41, 5.74) is 14.2.